The Bertz CT molecular complexity index is 521. The van der Waals surface area contributed by atoms with Crippen molar-refractivity contribution in [2.24, 2.45) is 23.2 Å². The summed E-state index contributed by atoms with van der Waals surface area (Å²) in [4.78, 5) is 0. The first-order chi connectivity index (χ1) is 10.0. The molecule has 0 saturated heterocycles. The monoisotopic (exact) mass is 399 g/mol. The lowest BCUT2D eigenvalue weighted by atomic mass is 9.48. The maximum Gasteiger partial charge on any atom is 0.124 e. The van der Waals surface area contributed by atoms with E-state index >= 15 is 0 Å². The highest BCUT2D eigenvalue weighted by Gasteiger charge is 2.53. The van der Waals surface area contributed by atoms with Crippen LogP contribution in [0.15, 0.2) is 18.2 Å². The molecule has 0 spiro atoms. The summed E-state index contributed by atoms with van der Waals surface area (Å²) in [5.74, 6) is 2.79. The van der Waals surface area contributed by atoms with E-state index in [1.54, 1.807) is 12.1 Å². The number of benzene rings is 1. The minimum absolute atomic E-state index is 0.146. The Morgan fingerprint density at radius 2 is 1.71 bits per heavy atom. The molecular formula is C18H23FIN. The van der Waals surface area contributed by atoms with Gasteiger partial charge in [0.25, 0.3) is 0 Å². The maximum absolute atomic E-state index is 13.3. The molecule has 1 atom stereocenters. The van der Waals surface area contributed by atoms with Crippen molar-refractivity contribution in [3.63, 3.8) is 0 Å². The molecule has 0 aliphatic heterocycles. The quantitative estimate of drug-likeness (QED) is 0.667. The molecule has 3 heteroatoms. The van der Waals surface area contributed by atoms with Gasteiger partial charge in [0.15, 0.2) is 0 Å². The molecule has 5 rings (SSSR count). The summed E-state index contributed by atoms with van der Waals surface area (Å²) < 4.78 is 14.3. The van der Waals surface area contributed by atoms with Gasteiger partial charge < -0.3 is 5.32 Å². The van der Waals surface area contributed by atoms with E-state index < -0.39 is 0 Å². The predicted octanol–water partition coefficient (Wildman–Crippen LogP) is 5.45. The summed E-state index contributed by atoms with van der Waals surface area (Å²) >= 11 is 2.24. The lowest BCUT2D eigenvalue weighted by molar-refractivity contribution is -0.0602. The van der Waals surface area contributed by atoms with E-state index in [0.717, 1.165) is 27.0 Å². The van der Waals surface area contributed by atoms with Crippen molar-refractivity contribution in [2.45, 2.75) is 51.5 Å². The third kappa shape index (κ3) is 2.49. The van der Waals surface area contributed by atoms with Gasteiger partial charge in [0.2, 0.25) is 0 Å². The van der Waals surface area contributed by atoms with Crippen molar-refractivity contribution in [1.82, 2.24) is 0 Å². The largest absolute Gasteiger partial charge is 0.381 e. The lowest BCUT2D eigenvalue weighted by Gasteiger charge is -2.59. The van der Waals surface area contributed by atoms with Gasteiger partial charge in [-0.1, -0.05) is 0 Å². The molecule has 0 amide bonds. The maximum atomic E-state index is 13.3. The highest BCUT2D eigenvalue weighted by Crippen LogP contribution is 2.61. The molecule has 0 heterocycles. The van der Waals surface area contributed by atoms with E-state index in [1.807, 2.05) is 6.07 Å². The molecule has 4 aliphatic rings. The molecule has 1 nitrogen and oxygen atoms in total. The molecule has 4 fully saturated rings. The molecule has 1 unspecified atom stereocenters. The van der Waals surface area contributed by atoms with Crippen LogP contribution >= 0.6 is 22.6 Å². The van der Waals surface area contributed by atoms with Gasteiger partial charge in [-0.3, -0.25) is 0 Å². The number of hydrogen-bond acceptors (Lipinski definition) is 1. The van der Waals surface area contributed by atoms with Crippen LogP contribution in [0.1, 0.15) is 45.4 Å². The number of nitrogens with one attached hydrogen (secondary N) is 1. The average Bonchev–Trinajstić information content (AvgIpc) is 2.40. The third-order valence-corrected chi connectivity index (χ3v) is 7.20. The second kappa shape index (κ2) is 5.10. The van der Waals surface area contributed by atoms with Gasteiger partial charge in [-0.15, -0.1) is 0 Å². The molecular weight excluding hydrogens is 376 g/mol. The fraction of sp³-hybridized carbons (Fsp3) is 0.667. The summed E-state index contributed by atoms with van der Waals surface area (Å²) in [5, 5.41) is 3.72. The topological polar surface area (TPSA) is 12.0 Å². The molecule has 4 aliphatic carbocycles. The van der Waals surface area contributed by atoms with Crippen LogP contribution in [0.25, 0.3) is 0 Å². The number of halogens is 2. The normalized spacial score (nSPS) is 38.5. The van der Waals surface area contributed by atoms with E-state index in [4.69, 9.17) is 0 Å². The standard InChI is InChI=1S/C18H23FIN/c1-11(21-17-3-2-15(19)7-16(17)20)18-8-12-4-13(9-18)6-14(5-12)10-18/h2-3,7,11-14,21H,4-6,8-10H2,1H3. The van der Waals surface area contributed by atoms with Crippen LogP contribution in [0.2, 0.25) is 0 Å². The van der Waals surface area contributed by atoms with E-state index in [2.05, 4.69) is 34.8 Å². The number of rotatable bonds is 3. The molecule has 4 bridgehead atoms. The Labute approximate surface area is 140 Å². The molecule has 1 aromatic rings. The van der Waals surface area contributed by atoms with Crippen molar-refractivity contribution in [3.05, 3.63) is 27.6 Å². The van der Waals surface area contributed by atoms with Gasteiger partial charge >= 0.3 is 0 Å². The number of anilines is 1. The van der Waals surface area contributed by atoms with Gasteiger partial charge in [0, 0.05) is 15.3 Å². The zero-order valence-electron chi connectivity index (χ0n) is 12.5. The Morgan fingerprint density at radius 1 is 1.14 bits per heavy atom. The fourth-order valence-corrected chi connectivity index (χ4v) is 6.33. The molecule has 1 aromatic carbocycles. The lowest BCUT2D eigenvalue weighted by Crippen LogP contribution is -2.52. The highest BCUT2D eigenvalue weighted by atomic mass is 127. The first kappa shape index (κ1) is 14.3. The SMILES string of the molecule is CC(Nc1ccc(F)cc1I)C12CC3CC(CC(C3)C1)C2. The Hall–Kier alpha value is -0.320. The predicted molar refractivity (Wildman–Crippen MR) is 92.8 cm³/mol. The van der Waals surface area contributed by atoms with Crippen LogP contribution in [0, 0.1) is 32.6 Å². The Balaban J connectivity index is 1.56. The minimum Gasteiger partial charge on any atom is -0.381 e. The van der Waals surface area contributed by atoms with Crippen molar-refractivity contribution in [3.8, 4) is 0 Å². The second-order valence-electron chi connectivity index (χ2n) is 7.77. The summed E-state index contributed by atoms with van der Waals surface area (Å²) in [5.41, 5.74) is 1.59. The first-order valence-corrected chi connectivity index (χ1v) is 9.33. The Kier molecular flexibility index (Phi) is 3.47. The first-order valence-electron chi connectivity index (χ1n) is 8.26. The van der Waals surface area contributed by atoms with Gasteiger partial charge in [0.1, 0.15) is 5.82 Å². The van der Waals surface area contributed by atoms with Crippen LogP contribution in [-0.4, -0.2) is 6.04 Å². The van der Waals surface area contributed by atoms with Gasteiger partial charge in [-0.25, -0.2) is 4.39 Å². The van der Waals surface area contributed by atoms with Crippen molar-refractivity contribution in [2.75, 3.05) is 5.32 Å². The molecule has 21 heavy (non-hydrogen) atoms. The van der Waals surface area contributed by atoms with E-state index in [1.165, 1.54) is 38.5 Å². The van der Waals surface area contributed by atoms with E-state index in [-0.39, 0.29) is 5.82 Å². The minimum atomic E-state index is -0.146. The molecule has 0 aromatic heterocycles. The van der Waals surface area contributed by atoms with Crippen LogP contribution in [0.3, 0.4) is 0 Å². The van der Waals surface area contributed by atoms with Crippen molar-refractivity contribution in [1.29, 1.82) is 0 Å². The summed E-state index contributed by atoms with van der Waals surface area (Å²) in [7, 11) is 0. The van der Waals surface area contributed by atoms with Gasteiger partial charge in [-0.05, 0) is 109 Å². The third-order valence-electron chi connectivity index (χ3n) is 6.31. The van der Waals surface area contributed by atoms with Crippen LogP contribution in [0.5, 0.6) is 0 Å². The van der Waals surface area contributed by atoms with Crippen LogP contribution in [-0.2, 0) is 0 Å². The van der Waals surface area contributed by atoms with E-state index in [9.17, 15) is 4.39 Å². The molecule has 1 N–H and O–H groups in total. The highest BCUT2D eigenvalue weighted by molar-refractivity contribution is 14.1. The van der Waals surface area contributed by atoms with E-state index in [0.29, 0.717) is 11.5 Å². The average molecular weight is 399 g/mol. The van der Waals surface area contributed by atoms with Crippen LogP contribution < -0.4 is 5.32 Å². The second-order valence-corrected chi connectivity index (χ2v) is 8.93. The van der Waals surface area contributed by atoms with Crippen molar-refractivity contribution >= 4 is 28.3 Å². The van der Waals surface area contributed by atoms with Gasteiger partial charge in [0.05, 0.1) is 0 Å². The Morgan fingerprint density at radius 3 is 2.24 bits per heavy atom. The number of hydrogen-bond donors (Lipinski definition) is 1. The zero-order chi connectivity index (χ0) is 14.6. The molecule has 4 saturated carbocycles. The van der Waals surface area contributed by atoms with Crippen molar-refractivity contribution < 1.29 is 4.39 Å². The van der Waals surface area contributed by atoms with Crippen LogP contribution in [0.4, 0.5) is 10.1 Å². The molecule has 114 valence electrons. The summed E-state index contributed by atoms with van der Waals surface area (Å²) in [6, 6.07) is 5.57. The van der Waals surface area contributed by atoms with Gasteiger partial charge in [-0.2, -0.15) is 0 Å². The zero-order valence-corrected chi connectivity index (χ0v) is 14.7. The fourth-order valence-electron chi connectivity index (χ4n) is 5.70. The smallest absolute Gasteiger partial charge is 0.124 e. The molecule has 0 radical (unpaired) electrons. The summed E-state index contributed by atoms with van der Waals surface area (Å²) in [6.07, 6.45) is 8.68. The summed E-state index contributed by atoms with van der Waals surface area (Å²) in [6.45, 7) is 2.35.